The van der Waals surface area contributed by atoms with Gasteiger partial charge in [-0.2, -0.15) is 0 Å². The maximum atomic E-state index is 11.8. The average Bonchev–Trinajstić information content (AvgIpc) is 3.53. The predicted molar refractivity (Wildman–Crippen MR) is 143 cm³/mol. The quantitative estimate of drug-likeness (QED) is 0.513. The van der Waals surface area contributed by atoms with Gasteiger partial charge in [0.1, 0.15) is 17.4 Å². The number of piperazine rings is 1. The Morgan fingerprint density at radius 3 is 2.61 bits per heavy atom. The summed E-state index contributed by atoms with van der Waals surface area (Å²) in [7, 11) is 1.68. The van der Waals surface area contributed by atoms with Gasteiger partial charge in [-0.25, -0.2) is 9.97 Å². The number of pyridine rings is 1. The second-order valence-electron chi connectivity index (χ2n) is 10.5. The number of nitrogens with zero attached hydrogens (tertiary/aromatic N) is 5. The monoisotopic (exact) mass is 518 g/mol. The van der Waals surface area contributed by atoms with Gasteiger partial charge in [0.05, 0.1) is 30.3 Å². The molecule has 2 atom stereocenters. The maximum absolute atomic E-state index is 11.8. The van der Waals surface area contributed by atoms with Gasteiger partial charge in [0, 0.05) is 63.6 Å². The largest absolute Gasteiger partial charge is 0.495 e. The molecule has 2 aliphatic heterocycles. The van der Waals surface area contributed by atoms with Crippen LogP contribution in [0.1, 0.15) is 39.2 Å². The number of nitrogens with one attached hydrogen (secondary N) is 1. The molecule has 3 fully saturated rings. The highest BCUT2D eigenvalue weighted by atomic mass is 16.5. The first-order valence-corrected chi connectivity index (χ1v) is 13.4. The standard InChI is InChI=1S/C28H34N6O4/c1-17(20-13-26(36)29-15-20)38-28-27-23(30-16-34(27)21-5-6-21)14-22(31-28)19-4-7-24(25(12-19)37-3)33-10-8-32(9-11-33)18(2)35/h4,7,12,14,16-17,20-21H,5-6,8-11,13,15H2,1-3H3,(H,29,36). The molecular formula is C28H34N6O4. The van der Waals surface area contributed by atoms with E-state index in [1.165, 1.54) is 0 Å². The third-order valence-corrected chi connectivity index (χ3v) is 7.97. The summed E-state index contributed by atoms with van der Waals surface area (Å²) in [5.74, 6) is 1.59. The summed E-state index contributed by atoms with van der Waals surface area (Å²) < 4.78 is 14.4. The van der Waals surface area contributed by atoms with E-state index in [9.17, 15) is 9.59 Å². The fraction of sp³-hybridized carbons (Fsp3) is 0.500. The number of hydrogen-bond donors (Lipinski definition) is 1. The highest BCUT2D eigenvalue weighted by Gasteiger charge is 2.31. The van der Waals surface area contributed by atoms with Gasteiger partial charge < -0.3 is 29.2 Å². The fourth-order valence-electron chi connectivity index (χ4n) is 5.48. The number of hydrogen-bond acceptors (Lipinski definition) is 7. The molecule has 3 aliphatic rings. The molecule has 1 aromatic carbocycles. The minimum Gasteiger partial charge on any atom is -0.495 e. The van der Waals surface area contributed by atoms with Crippen LogP contribution in [0.15, 0.2) is 30.6 Å². The Bertz CT molecular complexity index is 1380. The summed E-state index contributed by atoms with van der Waals surface area (Å²) in [6, 6.07) is 8.56. The number of anilines is 1. The molecule has 38 heavy (non-hydrogen) atoms. The fourth-order valence-corrected chi connectivity index (χ4v) is 5.48. The van der Waals surface area contributed by atoms with Gasteiger partial charge >= 0.3 is 0 Å². The Morgan fingerprint density at radius 2 is 1.95 bits per heavy atom. The molecular weight excluding hydrogens is 484 g/mol. The van der Waals surface area contributed by atoms with E-state index in [0.29, 0.717) is 38.0 Å². The number of rotatable bonds is 7. The van der Waals surface area contributed by atoms with Crippen molar-refractivity contribution in [3.63, 3.8) is 0 Å². The predicted octanol–water partition coefficient (Wildman–Crippen LogP) is 3.01. The van der Waals surface area contributed by atoms with Crippen LogP contribution in [-0.2, 0) is 9.59 Å². The van der Waals surface area contributed by atoms with Crippen molar-refractivity contribution < 1.29 is 19.1 Å². The first-order valence-electron chi connectivity index (χ1n) is 13.4. The number of fused-ring (bicyclic) bond motifs is 1. The second-order valence-corrected chi connectivity index (χ2v) is 10.5. The topological polar surface area (TPSA) is 102 Å². The number of benzene rings is 1. The number of imidazole rings is 1. The van der Waals surface area contributed by atoms with E-state index in [1.807, 2.05) is 36.4 Å². The van der Waals surface area contributed by atoms with Crippen molar-refractivity contribution in [1.82, 2.24) is 24.8 Å². The van der Waals surface area contributed by atoms with E-state index in [0.717, 1.165) is 59.7 Å². The average molecular weight is 519 g/mol. The van der Waals surface area contributed by atoms with Gasteiger partial charge in [-0.15, -0.1) is 0 Å². The lowest BCUT2D eigenvalue weighted by Crippen LogP contribution is -2.48. The molecule has 0 bridgehead atoms. The van der Waals surface area contributed by atoms with Crippen molar-refractivity contribution >= 4 is 28.5 Å². The highest BCUT2D eigenvalue weighted by Crippen LogP contribution is 2.41. The van der Waals surface area contributed by atoms with Crippen LogP contribution in [0.4, 0.5) is 5.69 Å². The number of methoxy groups -OCH3 is 1. The second kappa shape index (κ2) is 9.81. The molecule has 6 rings (SSSR count). The summed E-state index contributed by atoms with van der Waals surface area (Å²) >= 11 is 0. The zero-order chi connectivity index (χ0) is 26.4. The smallest absolute Gasteiger partial charge is 0.241 e. The van der Waals surface area contributed by atoms with Crippen LogP contribution < -0.4 is 19.7 Å². The molecule has 2 unspecified atom stereocenters. The van der Waals surface area contributed by atoms with Crippen LogP contribution in [0.2, 0.25) is 0 Å². The molecule has 4 heterocycles. The lowest BCUT2D eigenvalue weighted by molar-refractivity contribution is -0.129. The molecule has 2 aromatic heterocycles. The van der Waals surface area contributed by atoms with Crippen molar-refractivity contribution in [3.05, 3.63) is 30.6 Å². The van der Waals surface area contributed by atoms with E-state index in [-0.39, 0.29) is 23.8 Å². The van der Waals surface area contributed by atoms with Crippen LogP contribution in [-0.4, -0.2) is 77.2 Å². The Labute approximate surface area is 221 Å². The minimum atomic E-state index is -0.173. The lowest BCUT2D eigenvalue weighted by Gasteiger charge is -2.36. The van der Waals surface area contributed by atoms with E-state index in [4.69, 9.17) is 19.4 Å². The number of carbonyl (C=O) groups excluding carboxylic acids is 2. The van der Waals surface area contributed by atoms with Crippen LogP contribution >= 0.6 is 0 Å². The molecule has 2 saturated heterocycles. The molecule has 0 spiro atoms. The van der Waals surface area contributed by atoms with E-state index in [1.54, 1.807) is 14.0 Å². The summed E-state index contributed by atoms with van der Waals surface area (Å²) in [6.07, 6.45) is 4.43. The van der Waals surface area contributed by atoms with E-state index < -0.39 is 0 Å². The van der Waals surface area contributed by atoms with Crippen molar-refractivity contribution in [2.75, 3.05) is 44.7 Å². The SMILES string of the molecule is COc1cc(-c2cc3ncn(C4CC4)c3c(OC(C)C3CNC(=O)C3)n2)ccc1N1CCN(C(C)=O)CC1. The zero-order valence-electron chi connectivity index (χ0n) is 22.1. The van der Waals surface area contributed by atoms with Crippen LogP contribution in [0.5, 0.6) is 11.6 Å². The molecule has 10 nitrogen and oxygen atoms in total. The van der Waals surface area contributed by atoms with E-state index in [2.05, 4.69) is 20.9 Å². The molecule has 0 radical (unpaired) electrons. The molecule has 1 aliphatic carbocycles. The third kappa shape index (κ3) is 4.63. The van der Waals surface area contributed by atoms with Crippen LogP contribution in [0.25, 0.3) is 22.3 Å². The maximum Gasteiger partial charge on any atom is 0.241 e. The van der Waals surface area contributed by atoms with Crippen molar-refractivity contribution in [1.29, 1.82) is 0 Å². The summed E-state index contributed by atoms with van der Waals surface area (Å²) in [6.45, 7) is 7.15. The van der Waals surface area contributed by atoms with Crippen molar-refractivity contribution in [2.45, 2.75) is 45.3 Å². The van der Waals surface area contributed by atoms with Crippen LogP contribution in [0.3, 0.4) is 0 Å². The van der Waals surface area contributed by atoms with Gasteiger partial charge in [-0.1, -0.05) is 6.07 Å². The first kappa shape index (κ1) is 24.5. The molecule has 10 heteroatoms. The van der Waals surface area contributed by atoms with Gasteiger partial charge in [-0.3, -0.25) is 9.59 Å². The normalized spacial score (nSPS) is 20.5. The van der Waals surface area contributed by atoms with Gasteiger partial charge in [-0.05, 0) is 38.0 Å². The summed E-state index contributed by atoms with van der Waals surface area (Å²) in [4.78, 5) is 37.3. The summed E-state index contributed by atoms with van der Waals surface area (Å²) in [5.41, 5.74) is 4.42. The van der Waals surface area contributed by atoms with Crippen LogP contribution in [0, 0.1) is 5.92 Å². The van der Waals surface area contributed by atoms with Gasteiger partial charge in [0.15, 0.2) is 0 Å². The molecule has 1 saturated carbocycles. The number of carbonyl (C=O) groups is 2. The molecule has 3 aromatic rings. The number of aromatic nitrogens is 3. The molecule has 200 valence electrons. The Balaban J connectivity index is 1.32. The molecule has 1 N–H and O–H groups in total. The number of amides is 2. The van der Waals surface area contributed by atoms with Gasteiger partial charge in [0.2, 0.25) is 17.7 Å². The Morgan fingerprint density at radius 1 is 1.16 bits per heavy atom. The van der Waals surface area contributed by atoms with Gasteiger partial charge in [0.25, 0.3) is 0 Å². The van der Waals surface area contributed by atoms with E-state index >= 15 is 0 Å². The zero-order valence-corrected chi connectivity index (χ0v) is 22.1. The third-order valence-electron chi connectivity index (χ3n) is 7.97. The Hall–Kier alpha value is -3.82. The lowest BCUT2D eigenvalue weighted by atomic mass is 10.0. The first-order chi connectivity index (χ1) is 18.4. The summed E-state index contributed by atoms with van der Waals surface area (Å²) in [5, 5.41) is 2.90. The Kier molecular flexibility index (Phi) is 6.33. The molecule has 2 amide bonds. The van der Waals surface area contributed by atoms with Crippen molar-refractivity contribution in [3.8, 4) is 22.9 Å². The number of ether oxygens (including phenoxy) is 2. The minimum absolute atomic E-state index is 0.0650. The highest BCUT2D eigenvalue weighted by molar-refractivity contribution is 5.85. The van der Waals surface area contributed by atoms with Crippen molar-refractivity contribution in [2.24, 2.45) is 5.92 Å².